The van der Waals surface area contributed by atoms with Gasteiger partial charge in [-0.3, -0.25) is 4.79 Å². The largest absolute Gasteiger partial charge is 0.272 e. The third-order valence-corrected chi connectivity index (χ3v) is 2.89. The number of nitrogens with zero attached hydrogens (tertiary/aromatic N) is 4. The molecule has 1 aromatic rings. The Hall–Kier alpha value is -1.49. The van der Waals surface area contributed by atoms with E-state index in [-0.39, 0.29) is 17.7 Å². The fourth-order valence-corrected chi connectivity index (χ4v) is 2.03. The van der Waals surface area contributed by atoms with Crippen LogP contribution in [-0.2, 0) is 4.79 Å². The summed E-state index contributed by atoms with van der Waals surface area (Å²) in [6.07, 6.45) is 0. The number of carbonyl (C=O) groups excluding carboxylic acids is 1. The monoisotopic (exact) mass is 252 g/mol. The SMILES string of the molecule is CC1=NN(c2ccc(Cl)nn2)C(=O)C1C(C)C. The van der Waals surface area contributed by atoms with Gasteiger partial charge in [-0.1, -0.05) is 25.4 Å². The quantitative estimate of drug-likeness (QED) is 0.810. The van der Waals surface area contributed by atoms with Gasteiger partial charge in [-0.25, -0.2) is 0 Å². The van der Waals surface area contributed by atoms with Crippen molar-refractivity contribution in [2.75, 3.05) is 5.01 Å². The number of hydrazone groups is 1. The van der Waals surface area contributed by atoms with Gasteiger partial charge in [0, 0.05) is 5.71 Å². The van der Waals surface area contributed by atoms with Crippen LogP contribution in [0, 0.1) is 11.8 Å². The van der Waals surface area contributed by atoms with Crippen LogP contribution in [-0.4, -0.2) is 21.8 Å². The van der Waals surface area contributed by atoms with Crippen LogP contribution in [0.3, 0.4) is 0 Å². The van der Waals surface area contributed by atoms with Gasteiger partial charge in [-0.15, -0.1) is 10.2 Å². The first-order valence-electron chi connectivity index (χ1n) is 5.39. The molecule has 1 aliphatic heterocycles. The van der Waals surface area contributed by atoms with E-state index in [0.717, 1.165) is 5.71 Å². The standard InChI is InChI=1S/C11H13ClN4O/c1-6(2)10-7(3)15-16(11(10)17)9-5-4-8(12)13-14-9/h4-6,10H,1-3H3. The third-order valence-electron chi connectivity index (χ3n) is 2.68. The Morgan fingerprint density at radius 3 is 2.53 bits per heavy atom. The second-order valence-electron chi connectivity index (χ2n) is 4.33. The maximum absolute atomic E-state index is 12.2. The Bertz CT molecular complexity index is 469. The smallest absolute Gasteiger partial charge is 0.257 e. The molecular formula is C11H13ClN4O. The molecule has 0 spiro atoms. The minimum absolute atomic E-state index is 0.0610. The van der Waals surface area contributed by atoms with Crippen LogP contribution in [0.15, 0.2) is 17.2 Å². The summed E-state index contributed by atoms with van der Waals surface area (Å²) in [5.74, 6) is 0.389. The van der Waals surface area contributed by atoms with Crippen molar-refractivity contribution in [3.05, 3.63) is 17.3 Å². The van der Waals surface area contributed by atoms with Crippen LogP contribution in [0.4, 0.5) is 5.82 Å². The van der Waals surface area contributed by atoms with Gasteiger partial charge in [0.25, 0.3) is 5.91 Å². The number of anilines is 1. The first kappa shape index (κ1) is 12.0. The average molecular weight is 253 g/mol. The lowest BCUT2D eigenvalue weighted by Crippen LogP contribution is -2.30. The molecule has 17 heavy (non-hydrogen) atoms. The first-order valence-corrected chi connectivity index (χ1v) is 5.77. The minimum Gasteiger partial charge on any atom is -0.272 e. The van der Waals surface area contributed by atoms with Crippen molar-refractivity contribution in [3.63, 3.8) is 0 Å². The van der Waals surface area contributed by atoms with Crippen molar-refractivity contribution in [1.29, 1.82) is 0 Å². The maximum Gasteiger partial charge on any atom is 0.257 e. The number of amides is 1. The second kappa shape index (κ2) is 4.41. The van der Waals surface area contributed by atoms with E-state index >= 15 is 0 Å². The highest BCUT2D eigenvalue weighted by Gasteiger charge is 2.36. The zero-order valence-corrected chi connectivity index (χ0v) is 10.6. The summed E-state index contributed by atoms with van der Waals surface area (Å²) >= 11 is 5.65. The highest BCUT2D eigenvalue weighted by molar-refractivity contribution is 6.29. The molecule has 0 saturated heterocycles. The van der Waals surface area contributed by atoms with Gasteiger partial charge >= 0.3 is 0 Å². The van der Waals surface area contributed by atoms with E-state index in [1.54, 1.807) is 12.1 Å². The molecule has 90 valence electrons. The second-order valence-corrected chi connectivity index (χ2v) is 4.71. The molecule has 0 radical (unpaired) electrons. The fraction of sp³-hybridized carbons (Fsp3) is 0.455. The Kier molecular flexibility index (Phi) is 3.11. The Balaban J connectivity index is 2.31. The summed E-state index contributed by atoms with van der Waals surface area (Å²) in [6, 6.07) is 3.22. The number of halogens is 1. The van der Waals surface area contributed by atoms with Crippen LogP contribution in [0.5, 0.6) is 0 Å². The van der Waals surface area contributed by atoms with Crippen LogP contribution < -0.4 is 5.01 Å². The van der Waals surface area contributed by atoms with E-state index in [1.165, 1.54) is 5.01 Å². The van der Waals surface area contributed by atoms with E-state index in [2.05, 4.69) is 15.3 Å². The molecule has 2 rings (SSSR count). The average Bonchev–Trinajstić information content (AvgIpc) is 2.55. The van der Waals surface area contributed by atoms with Crippen molar-refractivity contribution < 1.29 is 4.79 Å². The van der Waals surface area contributed by atoms with E-state index < -0.39 is 0 Å². The first-order chi connectivity index (χ1) is 8.00. The number of hydrogen-bond donors (Lipinski definition) is 0. The summed E-state index contributed by atoms with van der Waals surface area (Å²) in [6.45, 7) is 5.85. The lowest BCUT2D eigenvalue weighted by atomic mass is 9.92. The van der Waals surface area contributed by atoms with Gasteiger partial charge in [0.1, 0.15) is 0 Å². The summed E-state index contributed by atoms with van der Waals surface area (Å²) in [4.78, 5) is 12.2. The topological polar surface area (TPSA) is 58.5 Å². The zero-order valence-electron chi connectivity index (χ0n) is 9.88. The van der Waals surface area contributed by atoms with Crippen molar-refractivity contribution in [3.8, 4) is 0 Å². The molecule has 0 bridgehead atoms. The van der Waals surface area contributed by atoms with Crippen LogP contribution in [0.25, 0.3) is 0 Å². The number of hydrogen-bond acceptors (Lipinski definition) is 4. The van der Waals surface area contributed by atoms with Crippen molar-refractivity contribution >= 4 is 29.0 Å². The highest BCUT2D eigenvalue weighted by atomic mass is 35.5. The van der Waals surface area contributed by atoms with Gasteiger partial charge in [-0.05, 0) is 25.0 Å². The van der Waals surface area contributed by atoms with Crippen molar-refractivity contribution in [1.82, 2.24) is 10.2 Å². The Morgan fingerprint density at radius 2 is 2.06 bits per heavy atom. The molecule has 2 heterocycles. The molecule has 1 aliphatic rings. The highest BCUT2D eigenvalue weighted by Crippen LogP contribution is 2.26. The normalized spacial score (nSPS) is 20.1. The molecule has 0 aromatic carbocycles. The molecule has 6 heteroatoms. The minimum atomic E-state index is -0.174. The van der Waals surface area contributed by atoms with Gasteiger partial charge in [-0.2, -0.15) is 10.1 Å². The summed E-state index contributed by atoms with van der Waals surface area (Å²) in [5.41, 5.74) is 0.807. The van der Waals surface area contributed by atoms with E-state index in [0.29, 0.717) is 11.0 Å². The molecule has 0 saturated carbocycles. The summed E-state index contributed by atoms with van der Waals surface area (Å²) in [7, 11) is 0. The molecule has 0 N–H and O–H groups in total. The van der Waals surface area contributed by atoms with E-state index in [1.807, 2.05) is 20.8 Å². The fourth-order valence-electron chi connectivity index (χ4n) is 1.93. The number of rotatable bonds is 2. The van der Waals surface area contributed by atoms with Gasteiger partial charge in [0.15, 0.2) is 11.0 Å². The maximum atomic E-state index is 12.2. The molecular weight excluding hydrogens is 240 g/mol. The molecule has 1 aromatic heterocycles. The lowest BCUT2D eigenvalue weighted by molar-refractivity contribution is -0.120. The van der Waals surface area contributed by atoms with Gasteiger partial charge in [0.2, 0.25) is 0 Å². The van der Waals surface area contributed by atoms with Crippen LogP contribution >= 0.6 is 11.6 Å². The molecule has 0 aliphatic carbocycles. The number of carbonyl (C=O) groups is 1. The summed E-state index contributed by atoms with van der Waals surface area (Å²) < 4.78 is 0. The van der Waals surface area contributed by atoms with Crippen LogP contribution in [0.1, 0.15) is 20.8 Å². The molecule has 0 fully saturated rings. The molecule has 5 nitrogen and oxygen atoms in total. The molecule has 1 atom stereocenters. The lowest BCUT2D eigenvalue weighted by Gasteiger charge is -2.15. The molecule has 1 amide bonds. The zero-order chi connectivity index (χ0) is 12.6. The Labute approximate surface area is 104 Å². The molecule has 1 unspecified atom stereocenters. The van der Waals surface area contributed by atoms with Gasteiger partial charge < -0.3 is 0 Å². The predicted molar refractivity (Wildman–Crippen MR) is 66.0 cm³/mol. The van der Waals surface area contributed by atoms with E-state index in [4.69, 9.17) is 11.6 Å². The van der Waals surface area contributed by atoms with Crippen molar-refractivity contribution in [2.24, 2.45) is 16.9 Å². The van der Waals surface area contributed by atoms with Gasteiger partial charge in [0.05, 0.1) is 5.92 Å². The Morgan fingerprint density at radius 1 is 1.35 bits per heavy atom. The van der Waals surface area contributed by atoms with E-state index in [9.17, 15) is 4.79 Å². The third kappa shape index (κ3) is 2.15. The van der Waals surface area contributed by atoms with Crippen molar-refractivity contribution in [2.45, 2.75) is 20.8 Å². The predicted octanol–water partition coefficient (Wildman–Crippen LogP) is 2.12. The number of aromatic nitrogens is 2. The van der Waals surface area contributed by atoms with Crippen LogP contribution in [0.2, 0.25) is 5.15 Å². The summed E-state index contributed by atoms with van der Waals surface area (Å²) in [5, 5.41) is 13.4.